The van der Waals surface area contributed by atoms with Gasteiger partial charge in [0.25, 0.3) is 0 Å². The number of nitrogens with one attached hydrogen (secondary N) is 2. The van der Waals surface area contributed by atoms with Crippen LogP contribution in [0, 0.1) is 0 Å². The van der Waals surface area contributed by atoms with Gasteiger partial charge in [-0.25, -0.2) is 15.0 Å². The van der Waals surface area contributed by atoms with E-state index >= 15 is 0 Å². The van der Waals surface area contributed by atoms with Crippen molar-refractivity contribution >= 4 is 17.3 Å². The number of aliphatic imine (C=N–C) groups is 1. The Hall–Kier alpha value is -1.89. The molecule has 2 heterocycles. The molecule has 0 saturated heterocycles. The monoisotopic (exact) mass is 334 g/mol. The Kier molecular flexibility index (Phi) is 7.06. The number of rotatable bonds is 8. The molecule has 23 heavy (non-hydrogen) atoms. The Morgan fingerprint density at radius 3 is 2.91 bits per heavy atom. The minimum Gasteiger partial charge on any atom is -0.357 e. The summed E-state index contributed by atoms with van der Waals surface area (Å²) in [5, 5.41) is 9.82. The minimum atomic E-state index is 0.471. The fourth-order valence-corrected chi connectivity index (χ4v) is 2.92. The molecule has 7 heteroatoms. The lowest BCUT2D eigenvalue weighted by Crippen LogP contribution is -2.38. The summed E-state index contributed by atoms with van der Waals surface area (Å²) in [4.78, 5) is 13.3. The zero-order chi connectivity index (χ0) is 16.5. The maximum absolute atomic E-state index is 4.62. The molecule has 2 rings (SSSR count). The summed E-state index contributed by atoms with van der Waals surface area (Å²) in [6, 6.07) is 0. The molecule has 0 fully saturated rings. The Morgan fingerprint density at radius 1 is 1.39 bits per heavy atom. The number of hydrogen-bond acceptors (Lipinski definition) is 4. The number of nitrogens with zero attached hydrogens (tertiary/aromatic N) is 4. The number of guanidine groups is 1. The van der Waals surface area contributed by atoms with Crippen LogP contribution in [0.5, 0.6) is 0 Å². The largest absolute Gasteiger partial charge is 0.357 e. The topological polar surface area (TPSA) is 67.1 Å². The van der Waals surface area contributed by atoms with Crippen LogP contribution in [0.2, 0.25) is 0 Å². The van der Waals surface area contributed by atoms with Crippen molar-refractivity contribution in [1.82, 2.24) is 25.2 Å². The highest BCUT2D eigenvalue weighted by Crippen LogP contribution is 2.18. The van der Waals surface area contributed by atoms with E-state index in [0.29, 0.717) is 12.5 Å². The molecule has 2 N–H and O–H groups in total. The second-order valence-electron chi connectivity index (χ2n) is 5.60. The normalized spacial score (nSPS) is 11.9. The highest BCUT2D eigenvalue weighted by atomic mass is 32.1. The lowest BCUT2D eigenvalue weighted by molar-refractivity contribution is 0.624. The Bertz CT molecular complexity index is 587. The third-order valence-corrected chi connectivity index (χ3v) is 4.17. The molecule has 0 amide bonds. The van der Waals surface area contributed by atoms with Crippen LogP contribution in [0.4, 0.5) is 0 Å². The molecule has 0 radical (unpaired) electrons. The van der Waals surface area contributed by atoms with Gasteiger partial charge in [0, 0.05) is 37.4 Å². The molecule has 0 aliphatic carbocycles. The first-order valence-corrected chi connectivity index (χ1v) is 8.99. The zero-order valence-corrected chi connectivity index (χ0v) is 14.9. The van der Waals surface area contributed by atoms with Gasteiger partial charge in [-0.2, -0.15) is 0 Å². The maximum Gasteiger partial charge on any atom is 0.191 e. The number of imidazole rings is 1. The van der Waals surface area contributed by atoms with Gasteiger partial charge in [0.1, 0.15) is 5.01 Å². The van der Waals surface area contributed by atoms with E-state index in [-0.39, 0.29) is 0 Å². The van der Waals surface area contributed by atoms with Gasteiger partial charge >= 0.3 is 0 Å². The molecule has 6 nitrogen and oxygen atoms in total. The van der Waals surface area contributed by atoms with E-state index in [0.717, 1.165) is 42.7 Å². The number of aryl methyl sites for hydroxylation is 1. The van der Waals surface area contributed by atoms with Crippen molar-refractivity contribution in [3.8, 4) is 0 Å². The molecule has 0 atom stereocenters. The summed E-state index contributed by atoms with van der Waals surface area (Å²) in [7, 11) is 0. The molecule has 0 saturated carbocycles. The lowest BCUT2D eigenvalue weighted by atomic mass is 10.2. The molecule has 2 aromatic heterocycles. The van der Waals surface area contributed by atoms with Gasteiger partial charge in [-0.15, -0.1) is 11.3 Å². The van der Waals surface area contributed by atoms with Crippen LogP contribution >= 0.6 is 11.3 Å². The fourth-order valence-electron chi connectivity index (χ4n) is 2.04. The van der Waals surface area contributed by atoms with Crippen LogP contribution < -0.4 is 10.6 Å². The van der Waals surface area contributed by atoms with E-state index in [1.807, 2.05) is 12.5 Å². The maximum atomic E-state index is 4.62. The first-order chi connectivity index (χ1) is 11.2. The summed E-state index contributed by atoms with van der Waals surface area (Å²) in [5.41, 5.74) is 1.15. The van der Waals surface area contributed by atoms with E-state index in [1.165, 1.54) is 0 Å². The standard InChI is InChI=1S/C16H26N6S/c1-4-18-16(19-6-5-8-22-9-7-17-12-22)20-10-15-21-14(11-23-15)13(2)3/h7,9,11-13H,4-6,8,10H2,1-3H3,(H2,18,19,20). The predicted octanol–water partition coefficient (Wildman–Crippen LogP) is 2.61. The third-order valence-electron chi connectivity index (χ3n) is 3.32. The quantitative estimate of drug-likeness (QED) is 0.442. The summed E-state index contributed by atoms with van der Waals surface area (Å²) in [6.07, 6.45) is 6.65. The lowest BCUT2D eigenvalue weighted by Gasteiger charge is -2.11. The molecule has 0 spiro atoms. The van der Waals surface area contributed by atoms with Crippen molar-refractivity contribution in [3.05, 3.63) is 34.8 Å². The molecular weight excluding hydrogens is 308 g/mol. The van der Waals surface area contributed by atoms with Crippen molar-refractivity contribution in [2.75, 3.05) is 13.1 Å². The van der Waals surface area contributed by atoms with E-state index in [9.17, 15) is 0 Å². The summed E-state index contributed by atoms with van der Waals surface area (Å²) >= 11 is 1.68. The van der Waals surface area contributed by atoms with Gasteiger partial charge in [0.05, 0.1) is 18.6 Å². The van der Waals surface area contributed by atoms with E-state index < -0.39 is 0 Å². The molecule has 0 aliphatic heterocycles. The van der Waals surface area contributed by atoms with Crippen LogP contribution in [-0.2, 0) is 13.1 Å². The number of hydrogen-bond donors (Lipinski definition) is 2. The van der Waals surface area contributed by atoms with Crippen molar-refractivity contribution < 1.29 is 0 Å². The van der Waals surface area contributed by atoms with Crippen LogP contribution in [0.15, 0.2) is 29.1 Å². The highest BCUT2D eigenvalue weighted by molar-refractivity contribution is 7.09. The van der Waals surface area contributed by atoms with E-state index in [4.69, 9.17) is 0 Å². The van der Waals surface area contributed by atoms with Crippen LogP contribution in [0.3, 0.4) is 0 Å². The SMILES string of the molecule is CCNC(=NCc1nc(C(C)C)cs1)NCCCn1ccnc1. The van der Waals surface area contributed by atoms with Crippen molar-refractivity contribution in [3.63, 3.8) is 0 Å². The first kappa shape index (κ1) is 17.5. The predicted molar refractivity (Wildman–Crippen MR) is 95.9 cm³/mol. The fraction of sp³-hybridized carbons (Fsp3) is 0.562. The van der Waals surface area contributed by atoms with Crippen molar-refractivity contribution in [2.24, 2.45) is 4.99 Å². The molecule has 126 valence electrons. The Morgan fingerprint density at radius 2 is 2.26 bits per heavy atom. The highest BCUT2D eigenvalue weighted by Gasteiger charge is 2.05. The second-order valence-corrected chi connectivity index (χ2v) is 6.54. The van der Waals surface area contributed by atoms with Gasteiger partial charge in [0.15, 0.2) is 5.96 Å². The zero-order valence-electron chi connectivity index (χ0n) is 14.1. The van der Waals surface area contributed by atoms with Crippen LogP contribution in [0.1, 0.15) is 43.8 Å². The average molecular weight is 334 g/mol. The number of thiazole rings is 1. The van der Waals surface area contributed by atoms with Crippen molar-refractivity contribution in [2.45, 2.75) is 46.2 Å². The smallest absolute Gasteiger partial charge is 0.191 e. The van der Waals surface area contributed by atoms with Gasteiger partial charge < -0.3 is 15.2 Å². The van der Waals surface area contributed by atoms with Crippen molar-refractivity contribution in [1.29, 1.82) is 0 Å². The molecule has 0 aliphatic rings. The van der Waals surface area contributed by atoms with Gasteiger partial charge in [-0.3, -0.25) is 0 Å². The second kappa shape index (κ2) is 9.29. The summed E-state index contributed by atoms with van der Waals surface area (Å²) in [6.45, 7) is 9.69. The summed E-state index contributed by atoms with van der Waals surface area (Å²) < 4.78 is 2.08. The Labute approximate surface area is 142 Å². The minimum absolute atomic E-state index is 0.471. The van der Waals surface area contributed by atoms with Crippen LogP contribution in [-0.4, -0.2) is 33.6 Å². The molecule has 2 aromatic rings. The van der Waals surface area contributed by atoms with Gasteiger partial charge in [0.2, 0.25) is 0 Å². The summed E-state index contributed by atoms with van der Waals surface area (Å²) in [5.74, 6) is 1.32. The third kappa shape index (κ3) is 6.02. The average Bonchev–Trinajstić information content (AvgIpc) is 3.20. The first-order valence-electron chi connectivity index (χ1n) is 8.11. The molecule has 0 aromatic carbocycles. The molecular formula is C16H26N6S. The van der Waals surface area contributed by atoms with Crippen LogP contribution in [0.25, 0.3) is 0 Å². The molecule has 0 unspecified atom stereocenters. The van der Waals surface area contributed by atoms with E-state index in [1.54, 1.807) is 17.5 Å². The number of aromatic nitrogens is 3. The Balaban J connectivity index is 1.79. The molecule has 0 bridgehead atoms. The van der Waals surface area contributed by atoms with E-state index in [2.05, 4.69) is 56.3 Å². The van der Waals surface area contributed by atoms with Gasteiger partial charge in [-0.05, 0) is 19.3 Å². The van der Waals surface area contributed by atoms with Gasteiger partial charge in [-0.1, -0.05) is 13.8 Å².